The number of benzene rings is 1. The van der Waals surface area contributed by atoms with Crippen LogP contribution in [0.4, 0.5) is 5.69 Å². The summed E-state index contributed by atoms with van der Waals surface area (Å²) in [6.07, 6.45) is 1.75. The highest BCUT2D eigenvalue weighted by atomic mass is 79.9. The lowest BCUT2D eigenvalue weighted by molar-refractivity contribution is -0.117. The molecule has 1 unspecified atom stereocenters. The second kappa shape index (κ2) is 5.49. The Kier molecular flexibility index (Phi) is 3.98. The number of carboxylic acids is 1. The average Bonchev–Trinajstić information content (AvgIpc) is 2.84. The lowest BCUT2D eigenvalue weighted by Crippen LogP contribution is -2.35. The summed E-state index contributed by atoms with van der Waals surface area (Å²) in [6, 6.07) is 4.53. The zero-order chi connectivity index (χ0) is 13.1. The van der Waals surface area contributed by atoms with Gasteiger partial charge in [0.15, 0.2) is 0 Å². The van der Waals surface area contributed by atoms with Gasteiger partial charge in [-0.25, -0.2) is 4.79 Å². The van der Waals surface area contributed by atoms with Crippen molar-refractivity contribution in [3.05, 3.63) is 28.2 Å². The van der Waals surface area contributed by atoms with Gasteiger partial charge in [-0.2, -0.15) is 0 Å². The fourth-order valence-corrected chi connectivity index (χ4v) is 2.29. The van der Waals surface area contributed by atoms with Crippen LogP contribution < -0.4 is 10.6 Å². The molecule has 0 aromatic heterocycles. The summed E-state index contributed by atoms with van der Waals surface area (Å²) < 4.78 is 0.664. The molecule has 3 N–H and O–H groups in total. The summed E-state index contributed by atoms with van der Waals surface area (Å²) >= 11 is 3.21. The van der Waals surface area contributed by atoms with Crippen molar-refractivity contribution in [3.8, 4) is 0 Å². The maximum Gasteiger partial charge on any atom is 0.337 e. The predicted octanol–water partition coefficient (Wildman–Crippen LogP) is 1.84. The summed E-state index contributed by atoms with van der Waals surface area (Å²) in [5, 5.41) is 14.8. The number of carbonyl (C=O) groups excluding carboxylic acids is 1. The van der Waals surface area contributed by atoms with Crippen molar-refractivity contribution in [1.29, 1.82) is 0 Å². The number of nitrogens with one attached hydrogen (secondary N) is 2. The van der Waals surface area contributed by atoms with E-state index >= 15 is 0 Å². The summed E-state index contributed by atoms with van der Waals surface area (Å²) in [6.45, 7) is 0.824. The molecule has 0 aliphatic carbocycles. The van der Waals surface area contributed by atoms with E-state index in [1.54, 1.807) is 12.1 Å². The molecule has 1 fully saturated rings. The van der Waals surface area contributed by atoms with Gasteiger partial charge in [-0.1, -0.05) is 15.9 Å². The van der Waals surface area contributed by atoms with Crippen LogP contribution >= 0.6 is 15.9 Å². The number of hydrogen-bond acceptors (Lipinski definition) is 3. The third-order valence-corrected chi connectivity index (χ3v) is 3.34. The zero-order valence-corrected chi connectivity index (χ0v) is 11.2. The van der Waals surface area contributed by atoms with Gasteiger partial charge in [0.25, 0.3) is 0 Å². The number of aromatic carboxylic acids is 1. The first-order chi connectivity index (χ1) is 8.58. The molecule has 0 radical (unpaired) electrons. The van der Waals surface area contributed by atoms with Crippen LogP contribution in [0.3, 0.4) is 0 Å². The first-order valence-electron chi connectivity index (χ1n) is 5.65. The molecule has 1 aromatic carbocycles. The first kappa shape index (κ1) is 13.0. The van der Waals surface area contributed by atoms with E-state index in [2.05, 4.69) is 26.6 Å². The van der Waals surface area contributed by atoms with Crippen molar-refractivity contribution in [2.75, 3.05) is 11.9 Å². The van der Waals surface area contributed by atoms with Gasteiger partial charge in [0.05, 0.1) is 17.3 Å². The number of halogens is 1. The molecule has 1 saturated heterocycles. The van der Waals surface area contributed by atoms with E-state index in [-0.39, 0.29) is 17.5 Å². The molecule has 18 heavy (non-hydrogen) atoms. The number of anilines is 1. The maximum atomic E-state index is 11.9. The SMILES string of the molecule is O=C(O)c1cc(Br)ccc1NC(=O)C1CCCN1. The van der Waals surface area contributed by atoms with Gasteiger partial charge < -0.3 is 15.7 Å². The summed E-state index contributed by atoms with van der Waals surface area (Å²) in [7, 11) is 0. The highest BCUT2D eigenvalue weighted by molar-refractivity contribution is 9.10. The molecule has 0 saturated carbocycles. The largest absolute Gasteiger partial charge is 0.478 e. The van der Waals surface area contributed by atoms with Crippen LogP contribution in [-0.4, -0.2) is 29.6 Å². The summed E-state index contributed by atoms with van der Waals surface area (Å²) in [5.74, 6) is -1.25. The van der Waals surface area contributed by atoms with Gasteiger partial charge >= 0.3 is 5.97 Å². The Morgan fingerprint density at radius 2 is 2.22 bits per heavy atom. The lowest BCUT2D eigenvalue weighted by Gasteiger charge is -2.13. The van der Waals surface area contributed by atoms with Gasteiger partial charge in [0.1, 0.15) is 0 Å². The Morgan fingerprint density at radius 3 is 2.83 bits per heavy atom. The third-order valence-electron chi connectivity index (χ3n) is 2.85. The van der Waals surface area contributed by atoms with Gasteiger partial charge in [0, 0.05) is 4.47 Å². The van der Waals surface area contributed by atoms with Crippen molar-refractivity contribution in [1.82, 2.24) is 5.32 Å². The zero-order valence-electron chi connectivity index (χ0n) is 9.57. The molecule has 6 heteroatoms. The Bertz CT molecular complexity index is 484. The van der Waals surface area contributed by atoms with Crippen LogP contribution in [0, 0.1) is 0 Å². The van der Waals surface area contributed by atoms with Crippen LogP contribution in [0.25, 0.3) is 0 Å². The fraction of sp³-hybridized carbons (Fsp3) is 0.333. The monoisotopic (exact) mass is 312 g/mol. The number of carboxylic acid groups (broad SMARTS) is 1. The van der Waals surface area contributed by atoms with Gasteiger partial charge in [-0.15, -0.1) is 0 Å². The van der Waals surface area contributed by atoms with Crippen molar-refractivity contribution in [3.63, 3.8) is 0 Å². The first-order valence-corrected chi connectivity index (χ1v) is 6.44. The molecule has 2 rings (SSSR count). The van der Waals surface area contributed by atoms with E-state index in [1.165, 1.54) is 6.07 Å². The van der Waals surface area contributed by atoms with E-state index in [9.17, 15) is 9.59 Å². The Balaban J connectivity index is 2.17. The molecule has 0 bridgehead atoms. The van der Waals surface area contributed by atoms with Crippen LogP contribution in [0.15, 0.2) is 22.7 Å². The normalized spacial score (nSPS) is 18.6. The molecule has 5 nitrogen and oxygen atoms in total. The molecule has 1 atom stereocenters. The fourth-order valence-electron chi connectivity index (χ4n) is 1.93. The Morgan fingerprint density at radius 1 is 1.44 bits per heavy atom. The second-order valence-corrected chi connectivity index (χ2v) is 5.05. The molecule has 1 aromatic rings. The standard InChI is InChI=1S/C12H13BrN2O3/c13-7-3-4-9(8(6-7)12(17)18)15-11(16)10-2-1-5-14-10/h3-4,6,10,14H,1-2,5H2,(H,15,16)(H,17,18). The van der Waals surface area contributed by atoms with Gasteiger partial charge in [-0.3, -0.25) is 4.79 Å². The van der Waals surface area contributed by atoms with E-state index in [1.807, 2.05) is 0 Å². The predicted molar refractivity (Wildman–Crippen MR) is 70.8 cm³/mol. The quantitative estimate of drug-likeness (QED) is 0.795. The molecule has 0 spiro atoms. The average molecular weight is 313 g/mol. The maximum absolute atomic E-state index is 11.9. The minimum atomic E-state index is -1.06. The van der Waals surface area contributed by atoms with E-state index in [0.717, 1.165) is 19.4 Å². The lowest BCUT2D eigenvalue weighted by atomic mass is 10.1. The van der Waals surface area contributed by atoms with Gasteiger partial charge in [-0.05, 0) is 37.6 Å². The van der Waals surface area contributed by atoms with Crippen molar-refractivity contribution >= 4 is 33.5 Å². The van der Waals surface area contributed by atoms with Gasteiger partial charge in [0.2, 0.25) is 5.91 Å². The molecule has 1 amide bonds. The van der Waals surface area contributed by atoms with E-state index < -0.39 is 5.97 Å². The Hall–Kier alpha value is -1.40. The minimum Gasteiger partial charge on any atom is -0.478 e. The summed E-state index contributed by atoms with van der Waals surface area (Å²) in [5.41, 5.74) is 0.403. The van der Waals surface area contributed by atoms with E-state index in [4.69, 9.17) is 5.11 Å². The smallest absolute Gasteiger partial charge is 0.337 e. The molecular formula is C12H13BrN2O3. The molecule has 1 aliphatic heterocycles. The molecular weight excluding hydrogens is 300 g/mol. The Labute approximate surface area is 113 Å². The number of hydrogen-bond donors (Lipinski definition) is 3. The van der Waals surface area contributed by atoms with Crippen LogP contribution in [0.5, 0.6) is 0 Å². The number of amides is 1. The topological polar surface area (TPSA) is 78.4 Å². The van der Waals surface area contributed by atoms with Crippen molar-refractivity contribution in [2.45, 2.75) is 18.9 Å². The highest BCUT2D eigenvalue weighted by Gasteiger charge is 2.23. The van der Waals surface area contributed by atoms with E-state index in [0.29, 0.717) is 10.2 Å². The van der Waals surface area contributed by atoms with Crippen molar-refractivity contribution in [2.24, 2.45) is 0 Å². The number of carbonyl (C=O) groups is 2. The van der Waals surface area contributed by atoms with Crippen LogP contribution in [0.1, 0.15) is 23.2 Å². The number of rotatable bonds is 3. The van der Waals surface area contributed by atoms with Crippen LogP contribution in [-0.2, 0) is 4.79 Å². The van der Waals surface area contributed by atoms with Crippen LogP contribution in [0.2, 0.25) is 0 Å². The molecule has 1 heterocycles. The molecule has 1 aliphatic rings. The highest BCUT2D eigenvalue weighted by Crippen LogP contribution is 2.21. The summed E-state index contributed by atoms with van der Waals surface area (Å²) in [4.78, 5) is 23.0. The third kappa shape index (κ3) is 2.88. The van der Waals surface area contributed by atoms with Crippen molar-refractivity contribution < 1.29 is 14.7 Å². The second-order valence-electron chi connectivity index (χ2n) is 4.13. The molecule has 96 valence electrons. The minimum absolute atomic E-state index is 0.0794.